The highest BCUT2D eigenvalue weighted by molar-refractivity contribution is 5.78. The van der Waals surface area contributed by atoms with Crippen molar-refractivity contribution in [3.05, 3.63) is 0 Å². The molecule has 0 fully saturated rings. The first kappa shape index (κ1) is 14.4. The molecule has 0 saturated heterocycles. The lowest BCUT2D eigenvalue weighted by Crippen LogP contribution is -2.53. The van der Waals surface area contributed by atoms with Crippen molar-refractivity contribution >= 4 is 5.97 Å². The van der Waals surface area contributed by atoms with Gasteiger partial charge >= 0.3 is 5.97 Å². The number of nitrogens with one attached hydrogen (secondary N) is 1. The topological polar surface area (TPSA) is 49.3 Å². The summed E-state index contributed by atoms with van der Waals surface area (Å²) in [4.78, 5) is 11.2. The molecule has 2 N–H and O–H groups in total. The van der Waals surface area contributed by atoms with Gasteiger partial charge in [-0.25, -0.2) is 0 Å². The predicted octanol–water partition coefficient (Wildman–Crippen LogP) is 2.65. The van der Waals surface area contributed by atoms with E-state index in [-0.39, 0.29) is 6.04 Å². The zero-order valence-corrected chi connectivity index (χ0v) is 10.6. The van der Waals surface area contributed by atoms with Crippen LogP contribution in [0.15, 0.2) is 0 Å². The molecule has 0 aliphatic rings. The van der Waals surface area contributed by atoms with Crippen molar-refractivity contribution in [2.75, 3.05) is 0 Å². The molecular weight excluding hydrogens is 190 g/mol. The third-order valence-electron chi connectivity index (χ3n) is 2.87. The third-order valence-corrected chi connectivity index (χ3v) is 2.87. The van der Waals surface area contributed by atoms with Crippen molar-refractivity contribution in [3.8, 4) is 0 Å². The molecule has 0 spiro atoms. The molecule has 0 bridgehead atoms. The highest BCUT2D eigenvalue weighted by Crippen LogP contribution is 2.18. The second-order valence-corrected chi connectivity index (χ2v) is 5.02. The van der Waals surface area contributed by atoms with E-state index in [1.807, 2.05) is 6.92 Å². The minimum absolute atomic E-state index is 0.248. The fraction of sp³-hybridized carbons (Fsp3) is 0.917. The zero-order chi connectivity index (χ0) is 12.1. The quantitative estimate of drug-likeness (QED) is 0.686. The van der Waals surface area contributed by atoms with Gasteiger partial charge in [0.25, 0.3) is 0 Å². The van der Waals surface area contributed by atoms with Gasteiger partial charge in [0, 0.05) is 6.04 Å². The van der Waals surface area contributed by atoms with Crippen LogP contribution in [-0.2, 0) is 4.79 Å². The highest BCUT2D eigenvalue weighted by atomic mass is 16.4. The number of carboxylic acids is 1. The summed E-state index contributed by atoms with van der Waals surface area (Å²) in [6.45, 7) is 10.1. The minimum Gasteiger partial charge on any atom is -0.480 e. The molecule has 15 heavy (non-hydrogen) atoms. The van der Waals surface area contributed by atoms with E-state index >= 15 is 0 Å². The van der Waals surface area contributed by atoms with Crippen LogP contribution in [0.2, 0.25) is 0 Å². The Morgan fingerprint density at radius 1 is 1.40 bits per heavy atom. The smallest absolute Gasteiger partial charge is 0.323 e. The van der Waals surface area contributed by atoms with E-state index in [9.17, 15) is 9.90 Å². The van der Waals surface area contributed by atoms with Crippen LogP contribution in [0.25, 0.3) is 0 Å². The standard InChI is InChI=1S/C12H25NO2/c1-6-10(4)13-12(5,11(14)15)8-7-9(2)3/h9-10,13H,6-8H2,1-5H3,(H,14,15). The number of carboxylic acid groups (broad SMARTS) is 1. The molecular formula is C12H25NO2. The van der Waals surface area contributed by atoms with E-state index < -0.39 is 11.5 Å². The largest absolute Gasteiger partial charge is 0.480 e. The summed E-state index contributed by atoms with van der Waals surface area (Å²) in [7, 11) is 0. The first-order chi connectivity index (χ1) is 6.81. The minimum atomic E-state index is -0.778. The molecule has 0 heterocycles. The van der Waals surface area contributed by atoms with Gasteiger partial charge in [-0.15, -0.1) is 0 Å². The fourth-order valence-electron chi connectivity index (χ4n) is 1.46. The molecule has 3 heteroatoms. The summed E-state index contributed by atoms with van der Waals surface area (Å²) in [6, 6.07) is 0.248. The van der Waals surface area contributed by atoms with E-state index in [4.69, 9.17) is 0 Å². The first-order valence-electron chi connectivity index (χ1n) is 5.83. The summed E-state index contributed by atoms with van der Waals surface area (Å²) in [5, 5.41) is 12.4. The molecule has 0 saturated carbocycles. The van der Waals surface area contributed by atoms with E-state index in [1.165, 1.54) is 0 Å². The van der Waals surface area contributed by atoms with Crippen LogP contribution in [-0.4, -0.2) is 22.7 Å². The van der Waals surface area contributed by atoms with Gasteiger partial charge in [0.15, 0.2) is 0 Å². The lowest BCUT2D eigenvalue weighted by atomic mass is 9.91. The Hall–Kier alpha value is -0.570. The van der Waals surface area contributed by atoms with Crippen LogP contribution in [0.3, 0.4) is 0 Å². The normalized spacial score (nSPS) is 17.5. The van der Waals surface area contributed by atoms with Crippen molar-refractivity contribution in [1.29, 1.82) is 0 Å². The summed E-state index contributed by atoms with van der Waals surface area (Å²) < 4.78 is 0. The number of carbonyl (C=O) groups is 1. The maximum atomic E-state index is 11.2. The summed E-state index contributed by atoms with van der Waals surface area (Å²) in [6.07, 6.45) is 2.57. The Kier molecular flexibility index (Phi) is 5.88. The first-order valence-corrected chi connectivity index (χ1v) is 5.83. The van der Waals surface area contributed by atoms with E-state index in [0.717, 1.165) is 12.8 Å². The average molecular weight is 215 g/mol. The van der Waals surface area contributed by atoms with Crippen molar-refractivity contribution in [1.82, 2.24) is 5.32 Å². The van der Waals surface area contributed by atoms with Crippen LogP contribution in [0.1, 0.15) is 53.9 Å². The zero-order valence-electron chi connectivity index (χ0n) is 10.6. The lowest BCUT2D eigenvalue weighted by molar-refractivity contribution is -0.145. The number of hydrogen-bond acceptors (Lipinski definition) is 2. The second kappa shape index (κ2) is 6.11. The summed E-state index contributed by atoms with van der Waals surface area (Å²) >= 11 is 0. The van der Waals surface area contributed by atoms with Gasteiger partial charge in [-0.2, -0.15) is 0 Å². The van der Waals surface area contributed by atoms with Crippen molar-refractivity contribution in [2.45, 2.75) is 65.5 Å². The van der Waals surface area contributed by atoms with Crippen LogP contribution >= 0.6 is 0 Å². The molecule has 3 nitrogen and oxygen atoms in total. The molecule has 90 valence electrons. The van der Waals surface area contributed by atoms with Crippen LogP contribution in [0, 0.1) is 5.92 Å². The molecule has 2 atom stereocenters. The van der Waals surface area contributed by atoms with E-state index in [0.29, 0.717) is 12.3 Å². The Labute approximate surface area is 93.3 Å². The van der Waals surface area contributed by atoms with Gasteiger partial charge in [-0.05, 0) is 39.0 Å². The molecule has 0 rings (SSSR count). The van der Waals surface area contributed by atoms with Gasteiger partial charge in [0.2, 0.25) is 0 Å². The third kappa shape index (κ3) is 5.17. The van der Waals surface area contributed by atoms with Crippen molar-refractivity contribution in [2.24, 2.45) is 5.92 Å². The highest BCUT2D eigenvalue weighted by Gasteiger charge is 2.33. The fourth-order valence-corrected chi connectivity index (χ4v) is 1.46. The van der Waals surface area contributed by atoms with Crippen LogP contribution < -0.4 is 5.32 Å². The molecule has 0 radical (unpaired) electrons. The molecule has 2 unspecified atom stereocenters. The van der Waals surface area contributed by atoms with E-state index in [2.05, 4.69) is 26.1 Å². The Morgan fingerprint density at radius 3 is 2.27 bits per heavy atom. The summed E-state index contributed by atoms with van der Waals surface area (Å²) in [5.41, 5.74) is -0.778. The van der Waals surface area contributed by atoms with Crippen LogP contribution in [0.5, 0.6) is 0 Å². The molecule has 0 aromatic heterocycles. The summed E-state index contributed by atoms with van der Waals surface area (Å²) in [5.74, 6) is -0.203. The molecule has 0 aromatic carbocycles. The lowest BCUT2D eigenvalue weighted by Gasteiger charge is -2.30. The molecule has 0 aliphatic carbocycles. The van der Waals surface area contributed by atoms with Crippen molar-refractivity contribution in [3.63, 3.8) is 0 Å². The van der Waals surface area contributed by atoms with E-state index in [1.54, 1.807) is 6.92 Å². The van der Waals surface area contributed by atoms with Gasteiger partial charge in [0.1, 0.15) is 5.54 Å². The maximum Gasteiger partial charge on any atom is 0.323 e. The van der Waals surface area contributed by atoms with Crippen LogP contribution in [0.4, 0.5) is 0 Å². The average Bonchev–Trinajstić information content (AvgIpc) is 2.14. The number of rotatable bonds is 7. The van der Waals surface area contributed by atoms with Gasteiger partial charge < -0.3 is 5.11 Å². The Balaban J connectivity index is 4.38. The van der Waals surface area contributed by atoms with Gasteiger partial charge in [0.05, 0.1) is 0 Å². The van der Waals surface area contributed by atoms with Gasteiger partial charge in [-0.1, -0.05) is 20.8 Å². The Bertz CT molecular complexity index is 204. The molecule has 0 aliphatic heterocycles. The SMILES string of the molecule is CCC(C)NC(C)(CCC(C)C)C(=O)O. The molecule has 0 amide bonds. The maximum absolute atomic E-state index is 11.2. The molecule has 0 aromatic rings. The van der Waals surface area contributed by atoms with Gasteiger partial charge in [-0.3, -0.25) is 10.1 Å². The number of hydrogen-bond donors (Lipinski definition) is 2. The Morgan fingerprint density at radius 2 is 1.93 bits per heavy atom. The second-order valence-electron chi connectivity index (χ2n) is 5.02. The monoisotopic (exact) mass is 215 g/mol. The van der Waals surface area contributed by atoms with Crippen molar-refractivity contribution < 1.29 is 9.90 Å². The number of aliphatic carboxylic acids is 1. The predicted molar refractivity (Wildman–Crippen MR) is 63.0 cm³/mol.